The lowest BCUT2D eigenvalue weighted by atomic mass is 10.1. The van der Waals surface area contributed by atoms with Crippen molar-refractivity contribution in [2.75, 3.05) is 18.3 Å². The van der Waals surface area contributed by atoms with Gasteiger partial charge in [0, 0.05) is 0 Å². The first-order valence-electron chi connectivity index (χ1n) is 15.8. The van der Waals surface area contributed by atoms with Crippen molar-refractivity contribution in [1.29, 1.82) is 0 Å². The summed E-state index contributed by atoms with van der Waals surface area (Å²) in [5, 5.41) is 9.13. The molecule has 4 heterocycles. The van der Waals surface area contributed by atoms with Crippen LogP contribution >= 0.6 is 19.2 Å². The van der Waals surface area contributed by atoms with Gasteiger partial charge in [-0.05, 0) is 91.0 Å². The van der Waals surface area contributed by atoms with Crippen molar-refractivity contribution in [3.63, 3.8) is 0 Å². The van der Waals surface area contributed by atoms with Gasteiger partial charge in [-0.1, -0.05) is 24.3 Å². The summed E-state index contributed by atoms with van der Waals surface area (Å²) in [6.45, 7) is 15.2. The molecule has 0 amide bonds. The molecular formula is C32H45ClN5O7P. The van der Waals surface area contributed by atoms with Crippen molar-refractivity contribution in [3.8, 4) is 0 Å². The van der Waals surface area contributed by atoms with Gasteiger partial charge in [0.05, 0.1) is 42.0 Å². The maximum atomic E-state index is 13.7. The Balaban J connectivity index is 1.18. The number of nitrogens with one attached hydrogen (secondary N) is 1. The first kappa shape index (κ1) is 33.7. The lowest BCUT2D eigenvalue weighted by molar-refractivity contribution is -0.193. The van der Waals surface area contributed by atoms with Crippen molar-refractivity contribution in [1.82, 2.24) is 19.7 Å². The van der Waals surface area contributed by atoms with E-state index < -0.39 is 49.0 Å². The standard InChI is InChI=1S/C32H45ClN5O7P/c1-30(2,3)44-46(39,45-31(4,5)6)18-40-17-24-26-25(42-32(7,8)43-26)23(41-24)16-38-28-21(15-34-38)27(36-29(33)37-28)35-22-14-13-19-11-9-10-12-20(19)22/h9-12,15,22-26H,13-14,16-18H2,1-8H3,(H,35,36,37)/t22-,23-,24-,25+,26-/m1/s1. The van der Waals surface area contributed by atoms with Crippen LogP contribution in [-0.4, -0.2) is 74.1 Å². The molecule has 12 nitrogen and oxygen atoms in total. The minimum atomic E-state index is -3.60. The van der Waals surface area contributed by atoms with Crippen LogP contribution in [0.4, 0.5) is 5.82 Å². The van der Waals surface area contributed by atoms with Gasteiger partial charge in [0.25, 0.3) is 0 Å². The fourth-order valence-corrected chi connectivity index (χ4v) is 8.76. The maximum absolute atomic E-state index is 13.7. The topological polar surface area (TPSA) is 128 Å². The number of rotatable bonds is 10. The van der Waals surface area contributed by atoms with Crippen LogP contribution in [0.25, 0.3) is 11.0 Å². The lowest BCUT2D eigenvalue weighted by Crippen LogP contribution is -2.33. The zero-order valence-corrected chi connectivity index (χ0v) is 29.4. The Kier molecular flexibility index (Phi) is 9.08. The number of fused-ring (bicyclic) bond motifs is 3. The van der Waals surface area contributed by atoms with Crippen LogP contribution in [0.2, 0.25) is 5.28 Å². The van der Waals surface area contributed by atoms with Gasteiger partial charge in [0.2, 0.25) is 5.28 Å². The number of nitrogens with zero attached hydrogens (tertiary/aromatic N) is 4. The molecule has 5 atom stereocenters. The minimum absolute atomic E-state index is 0.104. The molecule has 1 aromatic carbocycles. The number of aryl methyl sites for hydroxylation is 1. The third-order valence-electron chi connectivity index (χ3n) is 7.87. The second-order valence-corrected chi connectivity index (χ2v) is 16.8. The van der Waals surface area contributed by atoms with E-state index in [-0.39, 0.29) is 24.3 Å². The summed E-state index contributed by atoms with van der Waals surface area (Å²) in [4.78, 5) is 9.05. The fourth-order valence-electron chi connectivity index (χ4n) is 6.45. The number of halogens is 1. The van der Waals surface area contributed by atoms with Gasteiger partial charge in [-0.25, -0.2) is 4.68 Å². The Morgan fingerprint density at radius 2 is 1.72 bits per heavy atom. The highest BCUT2D eigenvalue weighted by Crippen LogP contribution is 2.54. The Hall–Kier alpha value is -2.15. The lowest BCUT2D eigenvalue weighted by Gasteiger charge is -2.32. The van der Waals surface area contributed by atoms with E-state index in [9.17, 15) is 4.57 Å². The van der Waals surface area contributed by atoms with E-state index in [1.807, 2.05) is 55.4 Å². The Morgan fingerprint density at radius 3 is 2.41 bits per heavy atom. The van der Waals surface area contributed by atoms with Crippen molar-refractivity contribution in [2.45, 2.75) is 122 Å². The van der Waals surface area contributed by atoms with Crippen molar-refractivity contribution in [3.05, 3.63) is 46.9 Å². The van der Waals surface area contributed by atoms with Crippen LogP contribution in [0.5, 0.6) is 0 Å². The van der Waals surface area contributed by atoms with Gasteiger partial charge < -0.3 is 33.3 Å². The van der Waals surface area contributed by atoms with Gasteiger partial charge in [-0.3, -0.25) is 4.57 Å². The van der Waals surface area contributed by atoms with E-state index in [1.54, 1.807) is 10.9 Å². The average Bonchev–Trinajstić information content (AvgIpc) is 3.66. The first-order valence-corrected chi connectivity index (χ1v) is 17.9. The van der Waals surface area contributed by atoms with E-state index in [0.717, 1.165) is 18.2 Å². The zero-order valence-electron chi connectivity index (χ0n) is 27.8. The van der Waals surface area contributed by atoms with Crippen LogP contribution in [0.15, 0.2) is 30.5 Å². The zero-order chi connectivity index (χ0) is 33.1. The smallest absolute Gasteiger partial charge is 0.357 e. The number of hydrogen-bond donors (Lipinski definition) is 1. The summed E-state index contributed by atoms with van der Waals surface area (Å²) in [7, 11) is -3.60. The summed E-state index contributed by atoms with van der Waals surface area (Å²) in [5.41, 5.74) is 1.82. The van der Waals surface area contributed by atoms with Crippen molar-refractivity contribution >= 4 is 36.0 Å². The van der Waals surface area contributed by atoms with E-state index in [4.69, 9.17) is 39.6 Å². The Morgan fingerprint density at radius 1 is 1.04 bits per heavy atom. The maximum Gasteiger partial charge on any atom is 0.357 e. The van der Waals surface area contributed by atoms with Crippen LogP contribution in [0.3, 0.4) is 0 Å². The van der Waals surface area contributed by atoms with Crippen molar-refractivity contribution in [2.24, 2.45) is 0 Å². The molecule has 0 unspecified atom stereocenters. The SMILES string of the molecule is CC(C)(C)OP(=O)(COC[C@H]1O[C@H](Cn2ncc3c(N[C@@H]4CCc5ccccc54)nc(Cl)nc32)[C@@H]2OC(C)(C)O[C@@H]21)OC(C)(C)C. The van der Waals surface area contributed by atoms with Crippen LogP contribution in [-0.2, 0) is 45.5 Å². The minimum Gasteiger partial charge on any atom is -0.366 e. The molecule has 3 aromatic rings. The second-order valence-electron chi connectivity index (χ2n) is 14.6. The highest BCUT2D eigenvalue weighted by molar-refractivity contribution is 7.53. The molecule has 1 N–H and O–H groups in total. The monoisotopic (exact) mass is 677 g/mol. The molecule has 0 bridgehead atoms. The number of anilines is 1. The molecule has 2 aromatic heterocycles. The number of benzene rings is 1. The molecule has 46 heavy (non-hydrogen) atoms. The molecule has 1 aliphatic carbocycles. The predicted octanol–water partition coefficient (Wildman–Crippen LogP) is 6.66. The van der Waals surface area contributed by atoms with Gasteiger partial charge in [0.15, 0.2) is 11.4 Å². The summed E-state index contributed by atoms with van der Waals surface area (Å²) >= 11 is 6.44. The van der Waals surface area contributed by atoms with Gasteiger partial charge in [-0.2, -0.15) is 15.1 Å². The average molecular weight is 678 g/mol. The van der Waals surface area contributed by atoms with Crippen molar-refractivity contribution < 1.29 is 32.6 Å². The molecule has 6 rings (SSSR count). The van der Waals surface area contributed by atoms with E-state index >= 15 is 0 Å². The molecule has 0 saturated carbocycles. The van der Waals surface area contributed by atoms with E-state index in [0.29, 0.717) is 18.0 Å². The fraction of sp³-hybridized carbons (Fsp3) is 0.656. The molecule has 0 spiro atoms. The molecule has 3 aliphatic rings. The molecule has 0 radical (unpaired) electrons. The van der Waals surface area contributed by atoms with Crippen LogP contribution in [0.1, 0.15) is 79.0 Å². The number of ether oxygens (including phenoxy) is 4. The Labute approximate surface area is 275 Å². The molecule has 14 heteroatoms. The quantitative estimate of drug-likeness (QED) is 0.183. The third-order valence-corrected chi connectivity index (χ3v) is 10.2. The predicted molar refractivity (Wildman–Crippen MR) is 174 cm³/mol. The summed E-state index contributed by atoms with van der Waals surface area (Å²) < 4.78 is 52.2. The first-order chi connectivity index (χ1) is 21.5. The van der Waals surface area contributed by atoms with Gasteiger partial charge >= 0.3 is 7.60 Å². The molecular weight excluding hydrogens is 633 g/mol. The summed E-state index contributed by atoms with van der Waals surface area (Å²) in [6, 6.07) is 8.56. The number of aromatic nitrogens is 4. The van der Waals surface area contributed by atoms with Gasteiger partial charge in [0.1, 0.15) is 36.6 Å². The molecule has 2 fully saturated rings. The largest absolute Gasteiger partial charge is 0.366 e. The van der Waals surface area contributed by atoms with E-state index in [2.05, 4.69) is 44.6 Å². The van der Waals surface area contributed by atoms with Gasteiger partial charge in [-0.15, -0.1) is 0 Å². The Bertz CT molecular complexity index is 1600. The second kappa shape index (κ2) is 12.4. The number of hydrogen-bond acceptors (Lipinski definition) is 11. The highest BCUT2D eigenvalue weighted by atomic mass is 35.5. The third kappa shape index (κ3) is 7.60. The summed E-state index contributed by atoms with van der Waals surface area (Å²) in [6.07, 6.45) is 1.76. The normalized spacial score (nSPS) is 26.1. The van der Waals surface area contributed by atoms with E-state index in [1.165, 1.54) is 11.1 Å². The molecule has 252 valence electrons. The molecule has 2 aliphatic heterocycles. The summed E-state index contributed by atoms with van der Waals surface area (Å²) in [5.74, 6) is -0.178. The molecule has 2 saturated heterocycles. The van der Waals surface area contributed by atoms with Crippen LogP contribution < -0.4 is 5.32 Å². The van der Waals surface area contributed by atoms with Crippen LogP contribution in [0, 0.1) is 0 Å². The highest BCUT2D eigenvalue weighted by Gasteiger charge is 2.55.